The van der Waals surface area contributed by atoms with Crippen LogP contribution in [0.5, 0.6) is 11.5 Å². The second-order valence-electron chi connectivity index (χ2n) is 6.27. The Balaban J connectivity index is 1.46. The van der Waals surface area contributed by atoms with Crippen LogP contribution >= 0.6 is 0 Å². The molecule has 0 unspecified atom stereocenters. The average molecular weight is 369 g/mol. The molecule has 0 N–H and O–H groups in total. The van der Waals surface area contributed by atoms with Crippen molar-refractivity contribution in [2.45, 2.75) is 0 Å². The van der Waals surface area contributed by atoms with Gasteiger partial charge in [-0.25, -0.2) is 4.68 Å². The molecule has 0 saturated carbocycles. The molecule has 0 aliphatic heterocycles. The van der Waals surface area contributed by atoms with Crippen LogP contribution in [0.2, 0.25) is 0 Å². The van der Waals surface area contributed by atoms with Gasteiger partial charge in [-0.3, -0.25) is 4.79 Å². The van der Waals surface area contributed by atoms with Crippen LogP contribution in [0.15, 0.2) is 97.3 Å². The van der Waals surface area contributed by atoms with E-state index in [0.29, 0.717) is 5.56 Å². The monoisotopic (exact) mass is 369 g/mol. The molecule has 5 nitrogen and oxygen atoms in total. The summed E-state index contributed by atoms with van der Waals surface area (Å²) in [6, 6.07) is 26.3. The predicted molar refractivity (Wildman–Crippen MR) is 109 cm³/mol. The van der Waals surface area contributed by atoms with Crippen molar-refractivity contribution in [3.63, 3.8) is 0 Å². The highest BCUT2D eigenvalue weighted by molar-refractivity contribution is 6.05. The van der Waals surface area contributed by atoms with Gasteiger partial charge in [-0.2, -0.15) is 5.10 Å². The Kier molecular flexibility index (Phi) is 4.89. The van der Waals surface area contributed by atoms with Gasteiger partial charge in [0.15, 0.2) is 0 Å². The normalized spacial score (nSPS) is 10.5. The number of hydrogen-bond donors (Lipinski definition) is 0. The molecule has 0 aliphatic rings. The first-order valence-corrected chi connectivity index (χ1v) is 8.92. The lowest BCUT2D eigenvalue weighted by Crippen LogP contribution is -2.26. The zero-order chi connectivity index (χ0) is 19.3. The first-order chi connectivity index (χ1) is 13.7. The van der Waals surface area contributed by atoms with E-state index >= 15 is 0 Å². The maximum Gasteiger partial charge on any atom is 0.258 e. The molecule has 0 saturated heterocycles. The molecule has 4 aromatic rings. The molecule has 0 spiro atoms. The SMILES string of the molecule is CN(C(=O)c1ccc(-n2cccn2)cc1)c1ccc(Oc2ccccc2)cc1. The average Bonchev–Trinajstić information content (AvgIpc) is 3.29. The van der Waals surface area contributed by atoms with Crippen LogP contribution < -0.4 is 9.64 Å². The summed E-state index contributed by atoms with van der Waals surface area (Å²) >= 11 is 0. The summed E-state index contributed by atoms with van der Waals surface area (Å²) in [5.41, 5.74) is 2.32. The summed E-state index contributed by atoms with van der Waals surface area (Å²) in [7, 11) is 1.76. The van der Waals surface area contributed by atoms with E-state index in [2.05, 4.69) is 5.10 Å². The number of benzene rings is 3. The molecular formula is C23H19N3O2. The summed E-state index contributed by atoms with van der Waals surface area (Å²) in [6.45, 7) is 0. The maximum atomic E-state index is 12.8. The van der Waals surface area contributed by atoms with Crippen molar-refractivity contribution in [3.8, 4) is 17.2 Å². The van der Waals surface area contributed by atoms with Crippen molar-refractivity contribution >= 4 is 11.6 Å². The molecule has 1 heterocycles. The van der Waals surface area contributed by atoms with E-state index in [-0.39, 0.29) is 5.91 Å². The first kappa shape index (κ1) is 17.5. The minimum Gasteiger partial charge on any atom is -0.457 e. The number of para-hydroxylation sites is 1. The Morgan fingerprint density at radius 1 is 0.857 bits per heavy atom. The van der Waals surface area contributed by atoms with Crippen LogP contribution in [0.4, 0.5) is 5.69 Å². The van der Waals surface area contributed by atoms with Gasteiger partial charge in [0.2, 0.25) is 0 Å². The number of amides is 1. The second kappa shape index (κ2) is 7.80. The molecule has 0 aliphatic carbocycles. The van der Waals surface area contributed by atoms with Crippen LogP contribution in [0.3, 0.4) is 0 Å². The zero-order valence-electron chi connectivity index (χ0n) is 15.4. The summed E-state index contributed by atoms with van der Waals surface area (Å²) in [4.78, 5) is 14.4. The predicted octanol–water partition coefficient (Wildman–Crippen LogP) is 4.94. The van der Waals surface area contributed by atoms with Gasteiger partial charge in [0, 0.05) is 30.7 Å². The van der Waals surface area contributed by atoms with Gasteiger partial charge in [-0.1, -0.05) is 18.2 Å². The Morgan fingerprint density at radius 3 is 2.18 bits per heavy atom. The molecule has 0 atom stereocenters. The molecule has 0 fully saturated rings. The van der Waals surface area contributed by atoms with Crippen LogP contribution in [-0.2, 0) is 0 Å². The van der Waals surface area contributed by atoms with Gasteiger partial charge < -0.3 is 9.64 Å². The van der Waals surface area contributed by atoms with E-state index in [4.69, 9.17) is 4.74 Å². The highest BCUT2D eigenvalue weighted by Crippen LogP contribution is 2.24. The van der Waals surface area contributed by atoms with E-state index in [1.807, 2.05) is 91.1 Å². The standard InChI is InChI=1S/C23H19N3O2/c1-25(19-12-14-22(15-13-19)28-21-6-3-2-4-7-21)23(27)18-8-10-20(11-9-18)26-17-5-16-24-26/h2-17H,1H3. The van der Waals surface area contributed by atoms with Gasteiger partial charge in [0.1, 0.15) is 11.5 Å². The molecule has 28 heavy (non-hydrogen) atoms. The van der Waals surface area contributed by atoms with Crippen LogP contribution in [-0.4, -0.2) is 22.7 Å². The first-order valence-electron chi connectivity index (χ1n) is 8.92. The largest absolute Gasteiger partial charge is 0.457 e. The number of anilines is 1. The Bertz CT molecular complexity index is 1040. The molecule has 5 heteroatoms. The lowest BCUT2D eigenvalue weighted by Gasteiger charge is -2.18. The number of aromatic nitrogens is 2. The fourth-order valence-electron chi connectivity index (χ4n) is 2.85. The Hall–Kier alpha value is -3.86. The number of nitrogens with zero attached hydrogens (tertiary/aromatic N) is 3. The van der Waals surface area contributed by atoms with Crippen molar-refractivity contribution in [3.05, 3.63) is 103 Å². The molecular weight excluding hydrogens is 350 g/mol. The van der Waals surface area contributed by atoms with Gasteiger partial charge in [0.25, 0.3) is 5.91 Å². The smallest absolute Gasteiger partial charge is 0.258 e. The number of carbonyl (C=O) groups is 1. The van der Waals surface area contributed by atoms with Crippen LogP contribution in [0, 0.1) is 0 Å². The molecule has 138 valence electrons. The van der Waals surface area contributed by atoms with Gasteiger partial charge >= 0.3 is 0 Å². The molecule has 4 rings (SSSR count). The quantitative estimate of drug-likeness (QED) is 0.500. The Labute approximate surface area is 163 Å². The third-order valence-corrected chi connectivity index (χ3v) is 4.39. The van der Waals surface area contributed by atoms with Crippen molar-refractivity contribution < 1.29 is 9.53 Å². The van der Waals surface area contributed by atoms with Crippen LogP contribution in [0.1, 0.15) is 10.4 Å². The summed E-state index contributed by atoms with van der Waals surface area (Å²) in [5.74, 6) is 1.42. The second-order valence-corrected chi connectivity index (χ2v) is 6.27. The third-order valence-electron chi connectivity index (χ3n) is 4.39. The van der Waals surface area contributed by atoms with Crippen molar-refractivity contribution in [2.24, 2.45) is 0 Å². The summed E-state index contributed by atoms with van der Waals surface area (Å²) in [6.07, 6.45) is 3.58. The number of rotatable bonds is 5. The van der Waals surface area contributed by atoms with Crippen molar-refractivity contribution in [2.75, 3.05) is 11.9 Å². The summed E-state index contributed by atoms with van der Waals surface area (Å²) in [5, 5.41) is 4.19. The third kappa shape index (κ3) is 3.78. The topological polar surface area (TPSA) is 47.4 Å². The fraction of sp³-hybridized carbons (Fsp3) is 0.0435. The molecule has 3 aromatic carbocycles. The minimum absolute atomic E-state index is 0.0799. The highest BCUT2D eigenvalue weighted by Gasteiger charge is 2.14. The van der Waals surface area contributed by atoms with Crippen molar-refractivity contribution in [1.82, 2.24) is 9.78 Å². The fourth-order valence-corrected chi connectivity index (χ4v) is 2.85. The van der Waals surface area contributed by atoms with E-state index < -0.39 is 0 Å². The number of carbonyl (C=O) groups excluding carboxylic acids is 1. The van der Waals surface area contributed by atoms with E-state index in [0.717, 1.165) is 22.9 Å². The molecule has 1 amide bonds. The van der Waals surface area contributed by atoms with E-state index in [1.54, 1.807) is 22.8 Å². The lowest BCUT2D eigenvalue weighted by atomic mass is 10.1. The molecule has 1 aromatic heterocycles. The number of ether oxygens (including phenoxy) is 1. The highest BCUT2D eigenvalue weighted by atomic mass is 16.5. The maximum absolute atomic E-state index is 12.8. The number of hydrogen-bond acceptors (Lipinski definition) is 3. The molecule has 0 bridgehead atoms. The van der Waals surface area contributed by atoms with E-state index in [9.17, 15) is 4.79 Å². The van der Waals surface area contributed by atoms with Gasteiger partial charge in [0.05, 0.1) is 5.69 Å². The minimum atomic E-state index is -0.0799. The molecule has 0 radical (unpaired) electrons. The van der Waals surface area contributed by atoms with Gasteiger partial charge in [-0.15, -0.1) is 0 Å². The summed E-state index contributed by atoms with van der Waals surface area (Å²) < 4.78 is 7.55. The van der Waals surface area contributed by atoms with Crippen LogP contribution in [0.25, 0.3) is 5.69 Å². The van der Waals surface area contributed by atoms with E-state index in [1.165, 1.54) is 0 Å². The van der Waals surface area contributed by atoms with Crippen molar-refractivity contribution in [1.29, 1.82) is 0 Å². The Morgan fingerprint density at radius 2 is 1.54 bits per heavy atom. The zero-order valence-corrected chi connectivity index (χ0v) is 15.4. The van der Waals surface area contributed by atoms with Gasteiger partial charge in [-0.05, 0) is 66.7 Å². The lowest BCUT2D eigenvalue weighted by molar-refractivity contribution is 0.0993.